The first-order valence-electron chi connectivity index (χ1n) is 11.4. The fourth-order valence-electron chi connectivity index (χ4n) is 4.62. The average Bonchev–Trinajstić information content (AvgIpc) is 2.85. The number of likely N-dealkylation sites (tertiary alicyclic amines) is 1. The minimum absolute atomic E-state index is 0.0318. The molecule has 5 rings (SSSR count). The van der Waals surface area contributed by atoms with E-state index in [2.05, 4.69) is 9.97 Å². The molecule has 2 saturated heterocycles. The van der Waals surface area contributed by atoms with Gasteiger partial charge in [-0.25, -0.2) is 4.98 Å². The van der Waals surface area contributed by atoms with Crippen molar-refractivity contribution in [2.45, 2.75) is 37.9 Å². The van der Waals surface area contributed by atoms with Crippen LogP contribution in [0.4, 0.5) is 5.82 Å². The number of pyridine rings is 2. The maximum absolute atomic E-state index is 13.1. The molecule has 0 bridgehead atoms. The third kappa shape index (κ3) is 4.25. The number of fused-ring (bicyclic) bond motifs is 1. The Labute approximate surface area is 187 Å². The van der Waals surface area contributed by atoms with Crippen molar-refractivity contribution in [2.75, 3.05) is 31.1 Å². The lowest BCUT2D eigenvalue weighted by Gasteiger charge is -2.37. The Morgan fingerprint density at radius 2 is 1.81 bits per heavy atom. The lowest BCUT2D eigenvalue weighted by atomic mass is 10.0. The number of hydrogen-bond donors (Lipinski definition) is 1. The number of β-amino-alcohol motifs (C(OH)–C–C–N with tert-alkyl or cyclic N) is 1. The molecule has 0 radical (unpaired) electrons. The van der Waals surface area contributed by atoms with Crippen molar-refractivity contribution in [3.8, 4) is 5.75 Å². The first-order valence-corrected chi connectivity index (χ1v) is 11.4. The van der Waals surface area contributed by atoms with Gasteiger partial charge in [-0.2, -0.15) is 0 Å². The van der Waals surface area contributed by atoms with Crippen LogP contribution in [0.5, 0.6) is 5.75 Å². The highest BCUT2D eigenvalue weighted by atomic mass is 16.5. The SMILES string of the molecule is O=C(c1cccnc1N1CC[C@@H](Oc2ccc3cccnc3c2)[C@H](O)C1)N1CCCCC1. The minimum atomic E-state index is -0.692. The Morgan fingerprint density at radius 3 is 2.66 bits per heavy atom. The van der Waals surface area contributed by atoms with Crippen LogP contribution in [-0.4, -0.2) is 64.3 Å². The van der Waals surface area contributed by atoms with Gasteiger partial charge >= 0.3 is 0 Å². The molecule has 2 aromatic heterocycles. The highest BCUT2D eigenvalue weighted by Crippen LogP contribution is 2.27. The van der Waals surface area contributed by atoms with Gasteiger partial charge in [0.15, 0.2) is 0 Å². The summed E-state index contributed by atoms with van der Waals surface area (Å²) < 4.78 is 6.12. The summed E-state index contributed by atoms with van der Waals surface area (Å²) in [6.45, 7) is 2.62. The molecule has 2 aliphatic rings. The van der Waals surface area contributed by atoms with Crippen LogP contribution >= 0.6 is 0 Å². The van der Waals surface area contributed by atoms with Gasteiger partial charge in [-0.05, 0) is 49.6 Å². The van der Waals surface area contributed by atoms with E-state index in [1.165, 1.54) is 6.42 Å². The molecule has 2 aliphatic heterocycles. The molecule has 2 atom stereocenters. The van der Waals surface area contributed by atoms with Gasteiger partial charge in [-0.3, -0.25) is 9.78 Å². The van der Waals surface area contributed by atoms with Crippen molar-refractivity contribution >= 4 is 22.6 Å². The van der Waals surface area contributed by atoms with Crippen LogP contribution in [0.3, 0.4) is 0 Å². The van der Waals surface area contributed by atoms with E-state index in [-0.39, 0.29) is 12.0 Å². The van der Waals surface area contributed by atoms with E-state index < -0.39 is 6.10 Å². The average molecular weight is 433 g/mol. The predicted octanol–water partition coefficient (Wildman–Crippen LogP) is 3.27. The Morgan fingerprint density at radius 1 is 1.00 bits per heavy atom. The Hall–Kier alpha value is -3.19. The van der Waals surface area contributed by atoms with Gasteiger partial charge in [-0.1, -0.05) is 6.07 Å². The summed E-state index contributed by atoms with van der Waals surface area (Å²) in [5.41, 5.74) is 1.48. The summed E-state index contributed by atoms with van der Waals surface area (Å²) in [6.07, 6.45) is 6.36. The number of rotatable bonds is 4. The summed E-state index contributed by atoms with van der Waals surface area (Å²) in [5, 5.41) is 11.9. The normalized spacial score (nSPS) is 21.5. The number of carbonyl (C=O) groups excluding carboxylic acids is 1. The number of carbonyl (C=O) groups is 1. The number of anilines is 1. The van der Waals surface area contributed by atoms with Crippen LogP contribution < -0.4 is 9.64 Å². The Bertz CT molecular complexity index is 1100. The van der Waals surface area contributed by atoms with Gasteiger partial charge in [0, 0.05) is 56.4 Å². The molecule has 2 fully saturated rings. The van der Waals surface area contributed by atoms with Crippen LogP contribution in [0.1, 0.15) is 36.0 Å². The molecule has 7 heteroatoms. The molecule has 7 nitrogen and oxygen atoms in total. The maximum atomic E-state index is 13.1. The van der Waals surface area contributed by atoms with E-state index in [0.29, 0.717) is 36.6 Å². The number of nitrogens with zero attached hydrogens (tertiary/aromatic N) is 4. The second kappa shape index (κ2) is 9.12. The summed E-state index contributed by atoms with van der Waals surface area (Å²) in [6, 6.07) is 13.4. The maximum Gasteiger partial charge on any atom is 0.257 e. The first kappa shape index (κ1) is 20.7. The van der Waals surface area contributed by atoms with E-state index in [1.54, 1.807) is 18.5 Å². The number of hydrogen-bond acceptors (Lipinski definition) is 6. The lowest BCUT2D eigenvalue weighted by molar-refractivity contribution is 0.0240. The second-order valence-electron chi connectivity index (χ2n) is 8.54. The van der Waals surface area contributed by atoms with Crippen molar-refractivity contribution in [1.82, 2.24) is 14.9 Å². The van der Waals surface area contributed by atoms with E-state index >= 15 is 0 Å². The predicted molar refractivity (Wildman–Crippen MR) is 123 cm³/mol. The molecular weight excluding hydrogens is 404 g/mol. The summed E-state index contributed by atoms with van der Waals surface area (Å²) >= 11 is 0. The molecule has 0 saturated carbocycles. The fourth-order valence-corrected chi connectivity index (χ4v) is 4.62. The van der Waals surface area contributed by atoms with Gasteiger partial charge < -0.3 is 19.6 Å². The molecule has 32 heavy (non-hydrogen) atoms. The Kier molecular flexibility index (Phi) is 5.90. The largest absolute Gasteiger partial charge is 0.488 e. The standard InChI is InChI=1S/C25H28N4O3/c30-22-17-29(24-20(7-5-12-27-24)25(31)28-13-2-1-3-14-28)15-10-23(22)32-19-9-8-18-6-4-11-26-21(18)16-19/h4-9,11-12,16,22-23,30H,1-3,10,13-15,17H2/t22-,23-/m1/s1. The van der Waals surface area contributed by atoms with Crippen LogP contribution in [0.15, 0.2) is 54.9 Å². The van der Waals surface area contributed by atoms with Crippen LogP contribution in [0, 0.1) is 0 Å². The van der Waals surface area contributed by atoms with Gasteiger partial charge in [0.2, 0.25) is 0 Å². The topological polar surface area (TPSA) is 78.8 Å². The quantitative estimate of drug-likeness (QED) is 0.682. The van der Waals surface area contributed by atoms with Crippen LogP contribution in [0.2, 0.25) is 0 Å². The summed E-state index contributed by atoms with van der Waals surface area (Å²) in [5.74, 6) is 1.38. The van der Waals surface area contributed by atoms with Crippen molar-refractivity contribution in [1.29, 1.82) is 0 Å². The molecule has 1 N–H and O–H groups in total. The minimum Gasteiger partial charge on any atom is -0.488 e. The molecule has 1 aromatic carbocycles. The molecule has 0 aliphatic carbocycles. The number of aromatic nitrogens is 2. The lowest BCUT2D eigenvalue weighted by Crippen LogP contribution is -2.50. The smallest absolute Gasteiger partial charge is 0.257 e. The monoisotopic (exact) mass is 432 g/mol. The zero-order chi connectivity index (χ0) is 21.9. The molecule has 3 aromatic rings. The fraction of sp³-hybridized carbons (Fsp3) is 0.400. The number of aliphatic hydroxyl groups is 1. The number of aliphatic hydroxyl groups excluding tert-OH is 1. The third-order valence-electron chi connectivity index (χ3n) is 6.34. The molecule has 0 unspecified atom stereocenters. The Balaban J connectivity index is 1.28. The van der Waals surface area contributed by atoms with Crippen LogP contribution in [-0.2, 0) is 0 Å². The van der Waals surface area contributed by atoms with Gasteiger partial charge in [0.1, 0.15) is 23.8 Å². The number of piperidine rings is 2. The summed E-state index contributed by atoms with van der Waals surface area (Å²) in [4.78, 5) is 25.9. The second-order valence-corrected chi connectivity index (χ2v) is 8.54. The van der Waals surface area contributed by atoms with E-state index in [4.69, 9.17) is 4.74 Å². The van der Waals surface area contributed by atoms with E-state index in [9.17, 15) is 9.90 Å². The number of benzene rings is 1. The van der Waals surface area contributed by atoms with Gasteiger partial charge in [0.05, 0.1) is 11.1 Å². The van der Waals surface area contributed by atoms with Crippen molar-refractivity contribution in [3.05, 3.63) is 60.4 Å². The molecule has 0 spiro atoms. The zero-order valence-corrected chi connectivity index (χ0v) is 18.1. The first-order chi connectivity index (χ1) is 15.7. The van der Waals surface area contributed by atoms with Crippen molar-refractivity contribution in [2.24, 2.45) is 0 Å². The third-order valence-corrected chi connectivity index (χ3v) is 6.34. The van der Waals surface area contributed by atoms with Crippen molar-refractivity contribution in [3.63, 3.8) is 0 Å². The van der Waals surface area contributed by atoms with Crippen LogP contribution in [0.25, 0.3) is 10.9 Å². The molecule has 4 heterocycles. The van der Waals surface area contributed by atoms with Crippen molar-refractivity contribution < 1.29 is 14.6 Å². The number of ether oxygens (including phenoxy) is 1. The summed E-state index contributed by atoms with van der Waals surface area (Å²) in [7, 11) is 0. The van der Waals surface area contributed by atoms with Gasteiger partial charge in [-0.15, -0.1) is 0 Å². The molecule has 1 amide bonds. The molecule has 166 valence electrons. The van der Waals surface area contributed by atoms with Gasteiger partial charge in [0.25, 0.3) is 5.91 Å². The van der Waals surface area contributed by atoms with E-state index in [0.717, 1.165) is 36.8 Å². The molecular formula is C25H28N4O3. The van der Waals surface area contributed by atoms with E-state index in [1.807, 2.05) is 46.2 Å². The highest BCUT2D eigenvalue weighted by Gasteiger charge is 2.32. The number of amides is 1. The zero-order valence-electron chi connectivity index (χ0n) is 18.1. The highest BCUT2D eigenvalue weighted by molar-refractivity contribution is 5.99.